The summed E-state index contributed by atoms with van der Waals surface area (Å²) in [5.41, 5.74) is 8.79. The number of anilines is 2. The largest absolute Gasteiger partial charge is 0.455 e. The van der Waals surface area contributed by atoms with E-state index < -0.39 is 5.91 Å². The van der Waals surface area contributed by atoms with Crippen molar-refractivity contribution in [2.45, 2.75) is 26.2 Å². The zero-order valence-electron chi connectivity index (χ0n) is 17.1. The number of nitrogens with one attached hydrogen (secondary N) is 3. The minimum Gasteiger partial charge on any atom is -0.455 e. The van der Waals surface area contributed by atoms with Gasteiger partial charge < -0.3 is 19.9 Å². The van der Waals surface area contributed by atoms with E-state index in [9.17, 15) is 9.59 Å². The lowest BCUT2D eigenvalue weighted by atomic mass is 9.92. The number of rotatable bonds is 6. The summed E-state index contributed by atoms with van der Waals surface area (Å²) < 4.78 is 11.3. The molecule has 0 aliphatic heterocycles. The first kappa shape index (κ1) is 20.8. The molecular weight excluding hydrogens is 386 g/mol. The molecule has 155 valence electrons. The lowest BCUT2D eigenvalue weighted by Crippen LogP contribution is -2.18. The van der Waals surface area contributed by atoms with Crippen molar-refractivity contribution in [1.29, 1.82) is 0 Å². The zero-order chi connectivity index (χ0) is 21.9. The Balaban J connectivity index is 1.94. The summed E-state index contributed by atoms with van der Waals surface area (Å²) in [7, 11) is 1.51. The van der Waals surface area contributed by atoms with Crippen molar-refractivity contribution in [3.63, 3.8) is 0 Å². The Morgan fingerprint density at radius 1 is 1.13 bits per heavy atom. The summed E-state index contributed by atoms with van der Waals surface area (Å²) >= 11 is 0. The average Bonchev–Trinajstić information content (AvgIpc) is 3.18. The van der Waals surface area contributed by atoms with Gasteiger partial charge in [0.15, 0.2) is 5.75 Å². The summed E-state index contributed by atoms with van der Waals surface area (Å²) in [5.74, 6) is -0.187. The fraction of sp³-hybridized carbons (Fsp3) is 0.238. The van der Waals surface area contributed by atoms with Crippen LogP contribution in [0.3, 0.4) is 0 Å². The number of carbonyl (C=O) groups excluding carboxylic acids is 2. The molecule has 3 rings (SSSR count). The SMILES string of the molecule is CNC(=O)c1cc(Oc2cc(C([NH])=O)ccc2Nc2cc(C(C)(C)C)no2)ccn1. The van der Waals surface area contributed by atoms with E-state index in [1.54, 1.807) is 18.2 Å². The second-order valence-electron chi connectivity index (χ2n) is 7.55. The number of carbonyl (C=O) groups is 2. The Kier molecular flexibility index (Phi) is 5.72. The van der Waals surface area contributed by atoms with Gasteiger partial charge in [-0.1, -0.05) is 25.9 Å². The van der Waals surface area contributed by atoms with Crippen molar-refractivity contribution in [3.05, 3.63) is 59.5 Å². The molecule has 0 saturated carbocycles. The molecule has 3 aromatic rings. The number of benzene rings is 1. The molecule has 1 aromatic carbocycles. The van der Waals surface area contributed by atoms with E-state index in [2.05, 4.69) is 20.8 Å². The minimum atomic E-state index is -0.845. The number of pyridine rings is 1. The van der Waals surface area contributed by atoms with E-state index in [0.717, 1.165) is 5.69 Å². The average molecular weight is 408 g/mol. The van der Waals surface area contributed by atoms with Crippen LogP contribution in [0.15, 0.2) is 47.1 Å². The van der Waals surface area contributed by atoms with Gasteiger partial charge >= 0.3 is 0 Å². The van der Waals surface area contributed by atoms with E-state index in [-0.39, 0.29) is 28.3 Å². The molecule has 0 aliphatic rings. The maximum atomic E-state index is 11.8. The van der Waals surface area contributed by atoms with Gasteiger partial charge in [-0.3, -0.25) is 20.3 Å². The molecule has 1 radical (unpaired) electrons. The minimum absolute atomic E-state index is 0.157. The van der Waals surface area contributed by atoms with E-state index in [4.69, 9.17) is 15.0 Å². The number of aromatic nitrogens is 2. The van der Waals surface area contributed by atoms with Crippen molar-refractivity contribution in [2.24, 2.45) is 0 Å². The van der Waals surface area contributed by atoms with Gasteiger partial charge in [-0.05, 0) is 24.3 Å². The Labute approximate surface area is 173 Å². The molecule has 0 spiro atoms. The topological polar surface area (TPSA) is 130 Å². The van der Waals surface area contributed by atoms with Gasteiger partial charge in [0.05, 0.1) is 11.4 Å². The van der Waals surface area contributed by atoms with Crippen LogP contribution in [-0.2, 0) is 5.41 Å². The molecule has 2 amide bonds. The molecule has 0 fully saturated rings. The molecule has 0 aliphatic carbocycles. The third-order valence-electron chi connectivity index (χ3n) is 4.20. The van der Waals surface area contributed by atoms with Gasteiger partial charge in [0.25, 0.3) is 11.8 Å². The van der Waals surface area contributed by atoms with Crippen LogP contribution in [0.5, 0.6) is 11.5 Å². The molecule has 9 nitrogen and oxygen atoms in total. The van der Waals surface area contributed by atoms with Crippen molar-refractivity contribution in [1.82, 2.24) is 21.2 Å². The van der Waals surface area contributed by atoms with Crippen LogP contribution in [0.4, 0.5) is 11.6 Å². The fourth-order valence-electron chi connectivity index (χ4n) is 2.53. The summed E-state index contributed by atoms with van der Waals surface area (Å²) in [5, 5.41) is 9.64. The first-order valence-electron chi connectivity index (χ1n) is 9.17. The molecular formula is C21H22N5O4. The number of nitrogens with zero attached hydrogens (tertiary/aromatic N) is 2. The second-order valence-corrected chi connectivity index (χ2v) is 7.55. The first-order chi connectivity index (χ1) is 14.2. The maximum absolute atomic E-state index is 11.8. The van der Waals surface area contributed by atoms with Gasteiger partial charge in [0.1, 0.15) is 11.4 Å². The summed E-state index contributed by atoms with van der Waals surface area (Å²) in [6.45, 7) is 6.06. The Hall–Kier alpha value is -3.88. The fourth-order valence-corrected chi connectivity index (χ4v) is 2.53. The maximum Gasteiger partial charge on any atom is 0.269 e. The monoisotopic (exact) mass is 408 g/mol. The highest BCUT2D eigenvalue weighted by molar-refractivity contribution is 5.94. The quantitative estimate of drug-likeness (QED) is 0.636. The van der Waals surface area contributed by atoms with Gasteiger partial charge in [0.2, 0.25) is 5.88 Å². The van der Waals surface area contributed by atoms with Crippen LogP contribution in [0, 0.1) is 0 Å². The van der Waals surface area contributed by atoms with Crippen LogP contribution >= 0.6 is 0 Å². The highest BCUT2D eigenvalue weighted by Crippen LogP contribution is 2.34. The van der Waals surface area contributed by atoms with E-state index in [1.807, 2.05) is 20.8 Å². The van der Waals surface area contributed by atoms with E-state index in [0.29, 0.717) is 17.3 Å². The Bertz CT molecular complexity index is 1080. The highest BCUT2D eigenvalue weighted by Gasteiger charge is 2.20. The van der Waals surface area contributed by atoms with Crippen LogP contribution in [-0.4, -0.2) is 29.0 Å². The van der Waals surface area contributed by atoms with Crippen molar-refractivity contribution >= 4 is 23.4 Å². The first-order valence-corrected chi connectivity index (χ1v) is 9.17. The van der Waals surface area contributed by atoms with Crippen molar-refractivity contribution in [2.75, 3.05) is 12.4 Å². The third-order valence-corrected chi connectivity index (χ3v) is 4.20. The summed E-state index contributed by atoms with van der Waals surface area (Å²) in [6, 6.07) is 9.40. The molecule has 3 N–H and O–H groups in total. The second kappa shape index (κ2) is 8.24. The molecule has 2 heterocycles. The number of amides is 2. The Morgan fingerprint density at radius 3 is 2.53 bits per heavy atom. The van der Waals surface area contributed by atoms with Crippen LogP contribution in [0.2, 0.25) is 0 Å². The number of ether oxygens (including phenoxy) is 1. The van der Waals surface area contributed by atoms with Crippen LogP contribution < -0.4 is 21.1 Å². The van der Waals surface area contributed by atoms with Crippen LogP contribution in [0.1, 0.15) is 47.3 Å². The molecule has 30 heavy (non-hydrogen) atoms. The normalized spacial score (nSPS) is 11.1. The van der Waals surface area contributed by atoms with Crippen molar-refractivity contribution in [3.8, 4) is 11.5 Å². The number of hydrogen-bond donors (Lipinski definition) is 2. The molecule has 0 atom stereocenters. The van der Waals surface area contributed by atoms with Gasteiger partial charge in [-0.2, -0.15) is 0 Å². The smallest absolute Gasteiger partial charge is 0.269 e. The predicted molar refractivity (Wildman–Crippen MR) is 110 cm³/mol. The van der Waals surface area contributed by atoms with Crippen molar-refractivity contribution < 1.29 is 18.8 Å². The Morgan fingerprint density at radius 2 is 1.90 bits per heavy atom. The summed E-state index contributed by atoms with van der Waals surface area (Å²) in [4.78, 5) is 27.3. The lowest BCUT2D eigenvalue weighted by molar-refractivity contribution is 0.0956. The standard InChI is InChI=1S/C21H22N5O4/c1-21(2,3)17-11-18(30-26-17)25-14-6-5-12(19(22)27)9-16(14)29-13-7-8-24-15(10-13)20(28)23-4/h5-11,22,25H,1-4H3,(H,23,28). The summed E-state index contributed by atoms with van der Waals surface area (Å²) in [6.07, 6.45) is 1.44. The van der Waals surface area contributed by atoms with Gasteiger partial charge in [-0.15, -0.1) is 0 Å². The molecule has 2 aromatic heterocycles. The highest BCUT2D eigenvalue weighted by atomic mass is 16.5. The molecule has 0 saturated heterocycles. The third kappa shape index (κ3) is 4.75. The molecule has 0 unspecified atom stereocenters. The molecule has 9 heteroatoms. The number of hydrogen-bond acceptors (Lipinski definition) is 7. The van der Waals surface area contributed by atoms with Crippen LogP contribution in [0.25, 0.3) is 0 Å². The van der Waals surface area contributed by atoms with E-state index >= 15 is 0 Å². The predicted octanol–water partition coefficient (Wildman–Crippen LogP) is 3.69. The lowest BCUT2D eigenvalue weighted by Gasteiger charge is -2.13. The van der Waals surface area contributed by atoms with Gasteiger partial charge in [-0.25, -0.2) is 0 Å². The molecule has 0 bridgehead atoms. The van der Waals surface area contributed by atoms with Gasteiger partial charge in [0, 0.05) is 36.4 Å². The van der Waals surface area contributed by atoms with E-state index in [1.165, 1.54) is 31.4 Å². The zero-order valence-corrected chi connectivity index (χ0v) is 17.1.